The number of halogens is 1. The number of hydrogen-bond donors (Lipinski definition) is 2. The summed E-state index contributed by atoms with van der Waals surface area (Å²) in [7, 11) is -3.95. The largest absolute Gasteiger partial charge is 0.398 e. The zero-order valence-electron chi connectivity index (χ0n) is 9.84. The highest BCUT2D eigenvalue weighted by Crippen LogP contribution is 2.21. The first-order chi connectivity index (χ1) is 9.00. The van der Waals surface area contributed by atoms with E-state index in [2.05, 4.69) is 9.71 Å². The summed E-state index contributed by atoms with van der Waals surface area (Å²) in [6.45, 7) is 0.139. The van der Waals surface area contributed by atoms with Gasteiger partial charge in [0.2, 0.25) is 10.0 Å². The summed E-state index contributed by atoms with van der Waals surface area (Å²) in [4.78, 5) is 3.52. The maximum Gasteiger partial charge on any atom is 0.245 e. The average Bonchev–Trinajstić information content (AvgIpc) is 2.81. The number of sulfonamides is 1. The molecule has 0 aliphatic heterocycles. The number of aromatic nitrogens is 1. The molecule has 0 aliphatic rings. The van der Waals surface area contributed by atoms with Crippen molar-refractivity contribution in [3.63, 3.8) is 0 Å². The Labute approximate surface area is 114 Å². The number of thiazole rings is 1. The van der Waals surface area contributed by atoms with E-state index in [1.807, 2.05) is 5.38 Å². The van der Waals surface area contributed by atoms with Crippen molar-refractivity contribution in [3.05, 3.63) is 40.6 Å². The zero-order chi connectivity index (χ0) is 13.9. The maximum absolute atomic E-state index is 13.5. The minimum atomic E-state index is -3.95. The molecule has 2 aromatic rings. The van der Waals surface area contributed by atoms with E-state index < -0.39 is 20.7 Å². The molecule has 0 aliphatic carbocycles. The van der Waals surface area contributed by atoms with Crippen LogP contribution in [-0.2, 0) is 16.4 Å². The van der Waals surface area contributed by atoms with E-state index in [-0.39, 0.29) is 12.2 Å². The van der Waals surface area contributed by atoms with Gasteiger partial charge in [-0.3, -0.25) is 0 Å². The molecule has 0 unspecified atom stereocenters. The molecular formula is C11H12FN3O2S2. The van der Waals surface area contributed by atoms with Gasteiger partial charge < -0.3 is 5.73 Å². The third kappa shape index (κ3) is 3.28. The molecule has 1 aromatic heterocycles. The van der Waals surface area contributed by atoms with Gasteiger partial charge in [-0.05, 0) is 12.1 Å². The molecule has 0 atom stereocenters. The van der Waals surface area contributed by atoms with E-state index >= 15 is 0 Å². The molecule has 2 rings (SSSR count). The molecular weight excluding hydrogens is 289 g/mol. The summed E-state index contributed by atoms with van der Waals surface area (Å²) >= 11 is 1.43. The summed E-state index contributed by atoms with van der Waals surface area (Å²) in [6, 6.07) is 3.77. The second-order valence-electron chi connectivity index (χ2n) is 3.79. The molecule has 0 bridgehead atoms. The van der Waals surface area contributed by atoms with Crippen molar-refractivity contribution >= 4 is 27.0 Å². The van der Waals surface area contributed by atoms with E-state index in [9.17, 15) is 12.8 Å². The Balaban J connectivity index is 2.10. The van der Waals surface area contributed by atoms with E-state index in [1.165, 1.54) is 23.5 Å². The Morgan fingerprint density at radius 2 is 2.21 bits per heavy atom. The number of nitrogens with one attached hydrogen (secondary N) is 1. The van der Waals surface area contributed by atoms with Gasteiger partial charge in [0.1, 0.15) is 10.7 Å². The number of nitrogens with two attached hydrogens (primary N) is 1. The number of nitrogens with zero attached hydrogens (tertiary/aromatic N) is 1. The normalized spacial score (nSPS) is 11.6. The molecule has 0 radical (unpaired) electrons. The fourth-order valence-electron chi connectivity index (χ4n) is 1.56. The summed E-state index contributed by atoms with van der Waals surface area (Å²) in [6.07, 6.45) is 0.442. The van der Waals surface area contributed by atoms with Gasteiger partial charge in [0.15, 0.2) is 0 Å². The Hall–Kier alpha value is -1.51. The van der Waals surface area contributed by atoms with Crippen LogP contribution in [0.15, 0.2) is 34.0 Å². The lowest BCUT2D eigenvalue weighted by Crippen LogP contribution is -2.27. The van der Waals surface area contributed by atoms with Crippen LogP contribution in [0.5, 0.6) is 0 Å². The van der Waals surface area contributed by atoms with Crippen LogP contribution in [0.2, 0.25) is 0 Å². The van der Waals surface area contributed by atoms with Crippen LogP contribution in [0.1, 0.15) is 5.69 Å². The first kappa shape index (κ1) is 13.9. The van der Waals surface area contributed by atoms with Gasteiger partial charge in [-0.1, -0.05) is 6.07 Å². The molecule has 1 heterocycles. The maximum atomic E-state index is 13.5. The van der Waals surface area contributed by atoms with Crippen molar-refractivity contribution in [1.82, 2.24) is 9.71 Å². The molecule has 0 saturated carbocycles. The quantitative estimate of drug-likeness (QED) is 0.817. The summed E-state index contributed by atoms with van der Waals surface area (Å²) in [5, 5.41) is 1.83. The van der Waals surface area contributed by atoms with Crippen LogP contribution >= 0.6 is 11.3 Å². The Morgan fingerprint density at radius 1 is 1.42 bits per heavy atom. The highest BCUT2D eigenvalue weighted by Gasteiger charge is 2.21. The smallest absolute Gasteiger partial charge is 0.245 e. The molecule has 8 heteroatoms. The molecule has 0 saturated heterocycles. The van der Waals surface area contributed by atoms with Crippen molar-refractivity contribution in [2.75, 3.05) is 12.3 Å². The van der Waals surface area contributed by atoms with Crippen molar-refractivity contribution in [2.24, 2.45) is 0 Å². The first-order valence-corrected chi connectivity index (χ1v) is 7.84. The Bertz CT molecular complexity index is 636. The number of anilines is 1. The minimum Gasteiger partial charge on any atom is -0.398 e. The molecule has 0 spiro atoms. The van der Waals surface area contributed by atoms with Crippen LogP contribution in [-0.4, -0.2) is 19.9 Å². The Kier molecular flexibility index (Phi) is 4.13. The monoisotopic (exact) mass is 301 g/mol. The predicted octanol–water partition coefficient (Wildman–Crippen LogP) is 1.39. The third-order valence-electron chi connectivity index (χ3n) is 2.42. The molecule has 102 valence electrons. The second-order valence-corrected chi connectivity index (χ2v) is 6.21. The molecule has 3 N–H and O–H groups in total. The van der Waals surface area contributed by atoms with Gasteiger partial charge in [-0.25, -0.2) is 22.5 Å². The van der Waals surface area contributed by atoms with Crippen LogP contribution in [0.3, 0.4) is 0 Å². The van der Waals surface area contributed by atoms with Crippen molar-refractivity contribution in [2.45, 2.75) is 11.3 Å². The number of nitrogen functional groups attached to an aromatic ring is 1. The first-order valence-electron chi connectivity index (χ1n) is 5.41. The van der Waals surface area contributed by atoms with Crippen LogP contribution in [0.25, 0.3) is 0 Å². The number of hydrogen-bond acceptors (Lipinski definition) is 5. The predicted molar refractivity (Wildman–Crippen MR) is 71.8 cm³/mol. The van der Waals surface area contributed by atoms with Gasteiger partial charge in [0.05, 0.1) is 16.9 Å². The third-order valence-corrected chi connectivity index (χ3v) is 4.61. The van der Waals surface area contributed by atoms with E-state index in [4.69, 9.17) is 5.73 Å². The van der Waals surface area contributed by atoms with Crippen LogP contribution < -0.4 is 10.5 Å². The standard InChI is InChI=1S/C11H12FN3O2S2/c12-9-2-1-3-10(13)11(9)19(16,17)15-5-4-8-6-18-7-14-8/h1-3,6-7,15H,4-5,13H2. The van der Waals surface area contributed by atoms with E-state index in [1.54, 1.807) is 5.51 Å². The van der Waals surface area contributed by atoms with Gasteiger partial charge >= 0.3 is 0 Å². The number of benzene rings is 1. The SMILES string of the molecule is Nc1cccc(F)c1S(=O)(=O)NCCc1cscn1. The molecule has 5 nitrogen and oxygen atoms in total. The highest BCUT2D eigenvalue weighted by atomic mass is 32.2. The average molecular weight is 301 g/mol. The fraction of sp³-hybridized carbons (Fsp3) is 0.182. The van der Waals surface area contributed by atoms with Gasteiger partial charge in [-0.2, -0.15) is 0 Å². The number of rotatable bonds is 5. The summed E-state index contributed by atoms with van der Waals surface area (Å²) < 4.78 is 39.8. The fourth-order valence-corrected chi connectivity index (χ4v) is 3.37. The van der Waals surface area contributed by atoms with Gasteiger partial charge in [-0.15, -0.1) is 11.3 Å². The molecule has 1 aromatic carbocycles. The lowest BCUT2D eigenvalue weighted by molar-refractivity contribution is 0.558. The topological polar surface area (TPSA) is 85.1 Å². The van der Waals surface area contributed by atoms with Gasteiger partial charge in [0, 0.05) is 18.3 Å². The van der Waals surface area contributed by atoms with Gasteiger partial charge in [0.25, 0.3) is 0 Å². The van der Waals surface area contributed by atoms with E-state index in [0.717, 1.165) is 11.8 Å². The zero-order valence-corrected chi connectivity index (χ0v) is 11.5. The summed E-state index contributed by atoms with van der Waals surface area (Å²) in [5.74, 6) is -0.860. The summed E-state index contributed by atoms with van der Waals surface area (Å²) in [5.41, 5.74) is 7.85. The Morgan fingerprint density at radius 3 is 2.84 bits per heavy atom. The minimum absolute atomic E-state index is 0.110. The molecule has 0 amide bonds. The second kappa shape index (κ2) is 5.64. The lowest BCUT2D eigenvalue weighted by atomic mass is 10.3. The van der Waals surface area contributed by atoms with Crippen molar-refractivity contribution in [1.29, 1.82) is 0 Å². The molecule has 0 fully saturated rings. The van der Waals surface area contributed by atoms with Crippen LogP contribution in [0.4, 0.5) is 10.1 Å². The van der Waals surface area contributed by atoms with Crippen molar-refractivity contribution < 1.29 is 12.8 Å². The highest BCUT2D eigenvalue weighted by molar-refractivity contribution is 7.89. The van der Waals surface area contributed by atoms with Crippen molar-refractivity contribution in [3.8, 4) is 0 Å². The van der Waals surface area contributed by atoms with Crippen LogP contribution in [0, 0.1) is 5.82 Å². The lowest BCUT2D eigenvalue weighted by Gasteiger charge is -2.09. The molecule has 19 heavy (non-hydrogen) atoms. The van der Waals surface area contributed by atoms with E-state index in [0.29, 0.717) is 6.42 Å².